The van der Waals surface area contributed by atoms with Gasteiger partial charge in [-0.05, 0) is 12.5 Å². The number of rotatable bonds is 5. The highest BCUT2D eigenvalue weighted by Crippen LogP contribution is 2.12. The molecule has 0 amide bonds. The van der Waals surface area contributed by atoms with Gasteiger partial charge in [-0.3, -0.25) is 0 Å². The maximum atomic E-state index is 5.55. The highest BCUT2D eigenvalue weighted by Gasteiger charge is 2.06. The Morgan fingerprint density at radius 3 is 2.71 bits per heavy atom. The summed E-state index contributed by atoms with van der Waals surface area (Å²) >= 11 is 0. The van der Waals surface area contributed by atoms with E-state index in [0.29, 0.717) is 12.6 Å². The van der Waals surface area contributed by atoms with E-state index in [4.69, 9.17) is 4.42 Å². The second-order valence-corrected chi connectivity index (χ2v) is 4.09. The molecule has 17 heavy (non-hydrogen) atoms. The molecule has 1 heterocycles. The lowest BCUT2D eigenvalue weighted by atomic mass is 10.1. The van der Waals surface area contributed by atoms with Crippen molar-refractivity contribution in [3.05, 3.63) is 53.7 Å². The van der Waals surface area contributed by atoms with Gasteiger partial charge in [0.2, 0.25) is 5.89 Å². The van der Waals surface area contributed by atoms with E-state index in [-0.39, 0.29) is 0 Å². The monoisotopic (exact) mass is 230 g/mol. The first kappa shape index (κ1) is 11.9. The molecule has 3 heteroatoms. The standard InChI is InChI=1S/C14H18N2O/c1-3-13-9-16-14(17-13)10-15-11(2)12-7-5-4-6-8-12/h4-9,11,15H,3,10H2,1-2H3. The highest BCUT2D eigenvalue weighted by molar-refractivity contribution is 5.18. The van der Waals surface area contributed by atoms with Gasteiger partial charge in [0, 0.05) is 12.5 Å². The third-order valence-electron chi connectivity index (χ3n) is 2.81. The van der Waals surface area contributed by atoms with E-state index < -0.39 is 0 Å². The van der Waals surface area contributed by atoms with Crippen LogP contribution in [0.15, 0.2) is 40.9 Å². The summed E-state index contributed by atoms with van der Waals surface area (Å²) < 4.78 is 5.55. The molecule has 1 atom stereocenters. The van der Waals surface area contributed by atoms with Crippen molar-refractivity contribution in [3.8, 4) is 0 Å². The second-order valence-electron chi connectivity index (χ2n) is 4.09. The maximum Gasteiger partial charge on any atom is 0.208 e. The number of nitrogens with one attached hydrogen (secondary N) is 1. The number of hydrogen-bond donors (Lipinski definition) is 1. The SMILES string of the molecule is CCc1cnc(CNC(C)c2ccccc2)o1. The van der Waals surface area contributed by atoms with E-state index in [9.17, 15) is 0 Å². The Kier molecular flexibility index (Phi) is 3.94. The number of hydrogen-bond acceptors (Lipinski definition) is 3. The molecule has 2 rings (SSSR count). The average molecular weight is 230 g/mol. The molecule has 1 unspecified atom stereocenters. The Balaban J connectivity index is 1.90. The van der Waals surface area contributed by atoms with Crippen LogP contribution in [0.25, 0.3) is 0 Å². The summed E-state index contributed by atoms with van der Waals surface area (Å²) in [6.45, 7) is 4.86. The average Bonchev–Trinajstić information content (AvgIpc) is 2.85. The van der Waals surface area contributed by atoms with E-state index in [1.165, 1.54) is 5.56 Å². The van der Waals surface area contributed by atoms with Crippen molar-refractivity contribution in [2.24, 2.45) is 0 Å². The normalized spacial score (nSPS) is 12.6. The van der Waals surface area contributed by atoms with Crippen LogP contribution in [0.5, 0.6) is 0 Å². The zero-order chi connectivity index (χ0) is 12.1. The number of nitrogens with zero attached hydrogens (tertiary/aromatic N) is 1. The van der Waals surface area contributed by atoms with Gasteiger partial charge < -0.3 is 9.73 Å². The molecule has 1 N–H and O–H groups in total. The molecule has 1 aromatic carbocycles. The molecule has 0 spiro atoms. The molecule has 1 aromatic heterocycles. The van der Waals surface area contributed by atoms with Crippen LogP contribution in [0.4, 0.5) is 0 Å². The molecule has 0 aliphatic rings. The van der Waals surface area contributed by atoms with Gasteiger partial charge in [-0.2, -0.15) is 0 Å². The fourth-order valence-electron chi connectivity index (χ4n) is 1.69. The van der Waals surface area contributed by atoms with Gasteiger partial charge in [-0.25, -0.2) is 4.98 Å². The molecule has 0 aliphatic carbocycles. The lowest BCUT2D eigenvalue weighted by molar-refractivity contribution is 0.424. The molecule has 90 valence electrons. The highest BCUT2D eigenvalue weighted by atomic mass is 16.4. The fourth-order valence-corrected chi connectivity index (χ4v) is 1.69. The van der Waals surface area contributed by atoms with Crippen LogP contribution < -0.4 is 5.32 Å². The first-order valence-electron chi connectivity index (χ1n) is 6.01. The van der Waals surface area contributed by atoms with Crippen LogP contribution in [-0.2, 0) is 13.0 Å². The number of benzene rings is 1. The largest absolute Gasteiger partial charge is 0.444 e. The van der Waals surface area contributed by atoms with Crippen molar-refractivity contribution in [1.82, 2.24) is 10.3 Å². The van der Waals surface area contributed by atoms with Crippen molar-refractivity contribution in [3.63, 3.8) is 0 Å². The van der Waals surface area contributed by atoms with Crippen LogP contribution >= 0.6 is 0 Å². The Hall–Kier alpha value is -1.61. The van der Waals surface area contributed by atoms with Gasteiger partial charge in [0.05, 0.1) is 12.7 Å². The van der Waals surface area contributed by atoms with Gasteiger partial charge in [-0.1, -0.05) is 37.3 Å². The van der Waals surface area contributed by atoms with Crippen molar-refractivity contribution in [2.75, 3.05) is 0 Å². The minimum absolute atomic E-state index is 0.299. The predicted molar refractivity (Wildman–Crippen MR) is 67.6 cm³/mol. The molecule has 0 saturated heterocycles. The van der Waals surface area contributed by atoms with Crippen LogP contribution in [-0.4, -0.2) is 4.98 Å². The molecule has 0 aliphatic heterocycles. The number of aryl methyl sites for hydroxylation is 1. The second kappa shape index (κ2) is 5.64. The molecule has 0 radical (unpaired) electrons. The van der Waals surface area contributed by atoms with E-state index in [1.807, 2.05) is 18.2 Å². The smallest absolute Gasteiger partial charge is 0.208 e. The van der Waals surface area contributed by atoms with Gasteiger partial charge in [0.1, 0.15) is 5.76 Å². The fraction of sp³-hybridized carbons (Fsp3) is 0.357. The van der Waals surface area contributed by atoms with Crippen LogP contribution in [0.1, 0.15) is 37.1 Å². The Bertz CT molecular complexity index is 450. The minimum Gasteiger partial charge on any atom is -0.444 e. The van der Waals surface area contributed by atoms with Crippen LogP contribution in [0.2, 0.25) is 0 Å². The summed E-state index contributed by atoms with van der Waals surface area (Å²) in [5.41, 5.74) is 1.27. The van der Waals surface area contributed by atoms with E-state index >= 15 is 0 Å². The van der Waals surface area contributed by atoms with Gasteiger partial charge >= 0.3 is 0 Å². The van der Waals surface area contributed by atoms with Crippen molar-refractivity contribution in [2.45, 2.75) is 32.9 Å². The Morgan fingerprint density at radius 2 is 2.06 bits per heavy atom. The quantitative estimate of drug-likeness (QED) is 0.857. The maximum absolute atomic E-state index is 5.55. The predicted octanol–water partition coefficient (Wildman–Crippen LogP) is 3.09. The summed E-state index contributed by atoms with van der Waals surface area (Å²) in [6.07, 6.45) is 2.69. The first-order chi connectivity index (χ1) is 8.29. The Morgan fingerprint density at radius 1 is 1.29 bits per heavy atom. The molecular weight excluding hydrogens is 212 g/mol. The van der Waals surface area contributed by atoms with E-state index in [2.05, 4.69) is 36.3 Å². The zero-order valence-electron chi connectivity index (χ0n) is 10.3. The van der Waals surface area contributed by atoms with Gasteiger partial charge in [0.25, 0.3) is 0 Å². The molecule has 2 aromatic rings. The van der Waals surface area contributed by atoms with Crippen molar-refractivity contribution in [1.29, 1.82) is 0 Å². The summed E-state index contributed by atoms with van der Waals surface area (Å²) in [4.78, 5) is 4.22. The lowest BCUT2D eigenvalue weighted by Gasteiger charge is -2.12. The molecule has 0 saturated carbocycles. The summed E-state index contributed by atoms with van der Waals surface area (Å²) in [7, 11) is 0. The van der Waals surface area contributed by atoms with E-state index in [1.54, 1.807) is 6.20 Å². The summed E-state index contributed by atoms with van der Waals surface area (Å²) in [6, 6.07) is 10.7. The van der Waals surface area contributed by atoms with Crippen molar-refractivity contribution >= 4 is 0 Å². The Labute approximate surface area is 102 Å². The third kappa shape index (κ3) is 3.17. The molecular formula is C14H18N2O. The van der Waals surface area contributed by atoms with Gasteiger partial charge in [0.15, 0.2) is 0 Å². The van der Waals surface area contributed by atoms with E-state index in [0.717, 1.165) is 18.1 Å². The van der Waals surface area contributed by atoms with Gasteiger partial charge in [-0.15, -0.1) is 0 Å². The molecule has 3 nitrogen and oxygen atoms in total. The zero-order valence-corrected chi connectivity index (χ0v) is 10.3. The first-order valence-corrected chi connectivity index (χ1v) is 6.01. The third-order valence-corrected chi connectivity index (χ3v) is 2.81. The number of oxazole rings is 1. The minimum atomic E-state index is 0.299. The summed E-state index contributed by atoms with van der Waals surface area (Å²) in [5, 5.41) is 3.40. The van der Waals surface area contributed by atoms with Crippen molar-refractivity contribution < 1.29 is 4.42 Å². The molecule has 0 bridgehead atoms. The molecule has 0 fully saturated rings. The number of aromatic nitrogens is 1. The lowest BCUT2D eigenvalue weighted by Crippen LogP contribution is -2.18. The topological polar surface area (TPSA) is 38.1 Å². The van der Waals surface area contributed by atoms with Crippen LogP contribution in [0.3, 0.4) is 0 Å². The summed E-state index contributed by atoms with van der Waals surface area (Å²) in [5.74, 6) is 1.69. The van der Waals surface area contributed by atoms with Crippen LogP contribution in [0, 0.1) is 0 Å².